The zero-order chi connectivity index (χ0) is 13.2. The molecule has 2 aliphatic heterocycles. The van der Waals surface area contributed by atoms with E-state index >= 15 is 0 Å². The Labute approximate surface area is 117 Å². The van der Waals surface area contributed by atoms with Crippen LogP contribution in [0.25, 0.3) is 0 Å². The molecule has 2 heterocycles. The summed E-state index contributed by atoms with van der Waals surface area (Å²) in [7, 11) is 0. The molecule has 3 rings (SSSR count). The summed E-state index contributed by atoms with van der Waals surface area (Å²) in [6, 6.07) is 4.77. The van der Waals surface area contributed by atoms with Gasteiger partial charge in [0.05, 0.1) is 0 Å². The Kier molecular flexibility index (Phi) is 3.75. The van der Waals surface area contributed by atoms with Gasteiger partial charge in [-0.25, -0.2) is 4.39 Å². The molecule has 3 nitrogen and oxygen atoms in total. The lowest BCUT2D eigenvalue weighted by atomic mass is 10.1. The van der Waals surface area contributed by atoms with E-state index in [1.54, 1.807) is 6.07 Å². The van der Waals surface area contributed by atoms with E-state index in [9.17, 15) is 4.39 Å². The van der Waals surface area contributed by atoms with Crippen molar-refractivity contribution < 1.29 is 4.39 Å². The molecule has 1 saturated heterocycles. The van der Waals surface area contributed by atoms with Crippen molar-refractivity contribution in [1.82, 2.24) is 9.80 Å². The number of fused-ring (bicyclic) bond motifs is 1. The van der Waals surface area contributed by atoms with E-state index < -0.39 is 0 Å². The van der Waals surface area contributed by atoms with Gasteiger partial charge >= 0.3 is 0 Å². The van der Waals surface area contributed by atoms with Crippen LogP contribution in [-0.2, 0) is 6.54 Å². The smallest absolute Gasteiger partial charge is 0.128 e. The third kappa shape index (κ3) is 2.77. The van der Waals surface area contributed by atoms with Crippen LogP contribution < -0.4 is 0 Å². The van der Waals surface area contributed by atoms with E-state index in [0.29, 0.717) is 5.84 Å². The second kappa shape index (κ2) is 5.51. The van der Waals surface area contributed by atoms with Crippen molar-refractivity contribution in [3.63, 3.8) is 0 Å². The standard InChI is InChI=1S/C14H18FN3S/c15-12-2-1-11-10-18(14(16)13(11)9-12)4-3-17-5-7-19-8-6-17/h1-2,9,16H,3-8,10H2. The lowest BCUT2D eigenvalue weighted by Crippen LogP contribution is -2.39. The van der Waals surface area contributed by atoms with Gasteiger partial charge < -0.3 is 4.90 Å². The molecule has 1 aromatic rings. The number of nitrogens with zero attached hydrogens (tertiary/aromatic N) is 2. The molecule has 5 heteroatoms. The van der Waals surface area contributed by atoms with Gasteiger partial charge in [0.2, 0.25) is 0 Å². The van der Waals surface area contributed by atoms with Crippen molar-refractivity contribution in [1.29, 1.82) is 5.41 Å². The van der Waals surface area contributed by atoms with Gasteiger partial charge in [-0.15, -0.1) is 0 Å². The van der Waals surface area contributed by atoms with Gasteiger partial charge in [-0.05, 0) is 17.7 Å². The van der Waals surface area contributed by atoms with E-state index in [2.05, 4.69) is 4.90 Å². The Morgan fingerprint density at radius 2 is 2.00 bits per heavy atom. The molecule has 0 unspecified atom stereocenters. The van der Waals surface area contributed by atoms with Gasteiger partial charge in [0.1, 0.15) is 11.7 Å². The molecular weight excluding hydrogens is 261 g/mol. The predicted molar refractivity (Wildman–Crippen MR) is 77.4 cm³/mol. The molecule has 2 aliphatic rings. The molecule has 102 valence electrons. The van der Waals surface area contributed by atoms with Crippen molar-refractivity contribution >= 4 is 17.6 Å². The summed E-state index contributed by atoms with van der Waals surface area (Å²) in [5.41, 5.74) is 1.83. The minimum absolute atomic E-state index is 0.251. The van der Waals surface area contributed by atoms with Crippen LogP contribution >= 0.6 is 11.8 Å². The van der Waals surface area contributed by atoms with E-state index in [0.717, 1.165) is 43.9 Å². The minimum Gasteiger partial charge on any atom is -0.351 e. The summed E-state index contributed by atoms with van der Waals surface area (Å²) in [5, 5.41) is 8.14. The fourth-order valence-corrected chi connectivity index (χ4v) is 3.62. The summed E-state index contributed by atoms with van der Waals surface area (Å²) in [5.74, 6) is 2.64. The van der Waals surface area contributed by atoms with Gasteiger partial charge in [-0.1, -0.05) is 6.07 Å². The maximum absolute atomic E-state index is 13.2. The average molecular weight is 279 g/mol. The van der Waals surface area contributed by atoms with Crippen LogP contribution in [0.5, 0.6) is 0 Å². The highest BCUT2D eigenvalue weighted by Crippen LogP contribution is 2.23. The number of halogens is 1. The molecule has 0 aromatic heterocycles. The Morgan fingerprint density at radius 3 is 2.79 bits per heavy atom. The number of benzene rings is 1. The summed E-state index contributed by atoms with van der Waals surface area (Å²) in [6.07, 6.45) is 0. The monoisotopic (exact) mass is 279 g/mol. The van der Waals surface area contributed by atoms with Crippen molar-refractivity contribution in [2.75, 3.05) is 37.7 Å². The fourth-order valence-electron chi connectivity index (χ4n) is 2.64. The Balaban J connectivity index is 1.60. The molecule has 0 atom stereocenters. The maximum atomic E-state index is 13.2. The average Bonchev–Trinajstić information content (AvgIpc) is 2.74. The van der Waals surface area contributed by atoms with Gasteiger partial charge in [0.25, 0.3) is 0 Å². The lowest BCUT2D eigenvalue weighted by molar-refractivity contribution is 0.267. The molecule has 1 N–H and O–H groups in total. The topological polar surface area (TPSA) is 30.3 Å². The van der Waals surface area contributed by atoms with Gasteiger partial charge in [0, 0.05) is 49.8 Å². The molecular formula is C14H18FN3S. The Hall–Kier alpha value is -1.07. The molecule has 0 aliphatic carbocycles. The molecule has 1 aromatic carbocycles. The summed E-state index contributed by atoms with van der Waals surface area (Å²) >= 11 is 2.01. The number of hydrogen-bond acceptors (Lipinski definition) is 3. The van der Waals surface area contributed by atoms with E-state index in [1.807, 2.05) is 16.7 Å². The number of nitrogens with one attached hydrogen (secondary N) is 1. The highest BCUT2D eigenvalue weighted by Gasteiger charge is 2.24. The zero-order valence-corrected chi connectivity index (χ0v) is 11.7. The Bertz CT molecular complexity index is 486. The first-order chi connectivity index (χ1) is 9.24. The van der Waals surface area contributed by atoms with Crippen molar-refractivity contribution in [2.45, 2.75) is 6.54 Å². The predicted octanol–water partition coefficient (Wildman–Crippen LogP) is 2.02. The lowest BCUT2D eigenvalue weighted by Gasteiger charge is -2.28. The van der Waals surface area contributed by atoms with Crippen molar-refractivity contribution in [3.05, 3.63) is 35.1 Å². The Morgan fingerprint density at radius 1 is 1.21 bits per heavy atom. The molecule has 19 heavy (non-hydrogen) atoms. The van der Waals surface area contributed by atoms with Crippen LogP contribution in [0.4, 0.5) is 4.39 Å². The fraction of sp³-hybridized carbons (Fsp3) is 0.500. The second-order valence-electron chi connectivity index (χ2n) is 5.03. The first-order valence-corrected chi connectivity index (χ1v) is 7.82. The van der Waals surface area contributed by atoms with Crippen LogP contribution in [0, 0.1) is 11.2 Å². The van der Waals surface area contributed by atoms with Crippen LogP contribution in [0.3, 0.4) is 0 Å². The van der Waals surface area contributed by atoms with Crippen LogP contribution in [0.15, 0.2) is 18.2 Å². The first-order valence-electron chi connectivity index (χ1n) is 6.66. The quantitative estimate of drug-likeness (QED) is 0.918. The highest BCUT2D eigenvalue weighted by molar-refractivity contribution is 7.99. The van der Waals surface area contributed by atoms with Gasteiger partial charge in [-0.2, -0.15) is 11.8 Å². The minimum atomic E-state index is -0.251. The maximum Gasteiger partial charge on any atom is 0.128 e. The van der Waals surface area contributed by atoms with Crippen LogP contribution in [0.2, 0.25) is 0 Å². The molecule has 0 spiro atoms. The summed E-state index contributed by atoms with van der Waals surface area (Å²) in [6.45, 7) is 4.90. The molecule has 1 fully saturated rings. The number of hydrogen-bond donors (Lipinski definition) is 1. The van der Waals surface area contributed by atoms with Crippen molar-refractivity contribution in [2.24, 2.45) is 0 Å². The van der Waals surface area contributed by atoms with E-state index in [4.69, 9.17) is 5.41 Å². The molecule has 0 bridgehead atoms. The number of amidine groups is 1. The highest BCUT2D eigenvalue weighted by atomic mass is 32.2. The third-order valence-corrected chi connectivity index (χ3v) is 4.74. The largest absolute Gasteiger partial charge is 0.351 e. The number of thioether (sulfide) groups is 1. The first kappa shape index (κ1) is 12.9. The number of rotatable bonds is 3. The van der Waals surface area contributed by atoms with Gasteiger partial charge in [0.15, 0.2) is 0 Å². The zero-order valence-electron chi connectivity index (χ0n) is 10.9. The summed E-state index contributed by atoms with van der Waals surface area (Å²) < 4.78 is 13.2. The molecule has 0 saturated carbocycles. The SMILES string of the molecule is N=C1c2cc(F)ccc2CN1CCN1CCSCC1. The van der Waals surface area contributed by atoms with E-state index in [1.165, 1.54) is 23.6 Å². The van der Waals surface area contributed by atoms with Crippen LogP contribution in [0.1, 0.15) is 11.1 Å². The molecule has 0 radical (unpaired) electrons. The third-order valence-electron chi connectivity index (χ3n) is 3.79. The van der Waals surface area contributed by atoms with Crippen LogP contribution in [-0.4, -0.2) is 53.3 Å². The normalized spacial score (nSPS) is 19.8. The molecule has 0 amide bonds. The summed E-state index contributed by atoms with van der Waals surface area (Å²) in [4.78, 5) is 4.50. The van der Waals surface area contributed by atoms with E-state index in [-0.39, 0.29) is 5.82 Å². The van der Waals surface area contributed by atoms with Gasteiger partial charge in [-0.3, -0.25) is 10.3 Å². The second-order valence-corrected chi connectivity index (χ2v) is 6.25. The van der Waals surface area contributed by atoms with Crippen molar-refractivity contribution in [3.8, 4) is 0 Å².